The van der Waals surface area contributed by atoms with Crippen molar-refractivity contribution in [3.8, 4) is 0 Å². The molecule has 2 nitrogen and oxygen atoms in total. The van der Waals surface area contributed by atoms with Crippen molar-refractivity contribution < 1.29 is 0 Å². The minimum Gasteiger partial charge on any atom is -0.257 e. The van der Waals surface area contributed by atoms with Crippen LogP contribution in [0.5, 0.6) is 0 Å². The van der Waals surface area contributed by atoms with Crippen LogP contribution >= 0.6 is 0 Å². The smallest absolute Gasteiger partial charge is 0.0645 e. The van der Waals surface area contributed by atoms with Crippen LogP contribution < -0.4 is 0 Å². The largest absolute Gasteiger partial charge is 0.257 e. The summed E-state index contributed by atoms with van der Waals surface area (Å²) in [6, 6.07) is 0. The van der Waals surface area contributed by atoms with Crippen molar-refractivity contribution in [2.75, 3.05) is 0 Å². The van der Waals surface area contributed by atoms with Gasteiger partial charge in [-0.05, 0) is 18.8 Å². The third-order valence-electron chi connectivity index (χ3n) is 4.81. The van der Waals surface area contributed by atoms with E-state index < -0.39 is 0 Å². The molecule has 0 saturated heterocycles. The predicted molar refractivity (Wildman–Crippen MR) is 77.8 cm³/mol. The van der Waals surface area contributed by atoms with Crippen molar-refractivity contribution >= 4 is 0 Å². The summed E-state index contributed by atoms with van der Waals surface area (Å²) in [6.45, 7) is 13.5. The minimum absolute atomic E-state index is 0.172. The van der Waals surface area contributed by atoms with Gasteiger partial charge in [0.05, 0.1) is 11.4 Å². The zero-order valence-electron chi connectivity index (χ0n) is 12.8. The van der Waals surface area contributed by atoms with Crippen LogP contribution in [0.2, 0.25) is 0 Å². The first-order chi connectivity index (χ1) is 8.48. The fraction of sp³-hybridized carbons (Fsp3) is 0.750. The molecule has 0 saturated carbocycles. The molecular weight excluding hydrogens is 220 g/mol. The van der Waals surface area contributed by atoms with Gasteiger partial charge in [0.1, 0.15) is 0 Å². The van der Waals surface area contributed by atoms with E-state index in [1.54, 1.807) is 0 Å². The van der Waals surface area contributed by atoms with Gasteiger partial charge in [-0.25, -0.2) is 0 Å². The average Bonchev–Trinajstić information content (AvgIpc) is 2.44. The molecule has 1 aromatic heterocycles. The summed E-state index contributed by atoms with van der Waals surface area (Å²) in [5.74, 6) is 1.15. The lowest BCUT2D eigenvalue weighted by atomic mass is 9.81. The Bertz CT molecular complexity index is 352. The third-order valence-corrected chi connectivity index (χ3v) is 4.81. The Morgan fingerprint density at radius 3 is 2.06 bits per heavy atom. The molecular formula is C16H28N2. The predicted octanol–water partition coefficient (Wildman–Crippen LogP) is 4.70. The lowest BCUT2D eigenvalue weighted by Gasteiger charge is -2.26. The number of nitrogens with zero attached hydrogens (tertiary/aromatic N) is 2. The van der Waals surface area contributed by atoms with Crippen LogP contribution in [0.1, 0.15) is 78.1 Å². The maximum absolute atomic E-state index is 4.67. The van der Waals surface area contributed by atoms with Gasteiger partial charge in [-0.2, -0.15) is 0 Å². The zero-order chi connectivity index (χ0) is 13.8. The summed E-state index contributed by atoms with van der Waals surface area (Å²) < 4.78 is 0. The Morgan fingerprint density at radius 2 is 1.67 bits per heavy atom. The molecule has 0 bridgehead atoms. The molecule has 0 amide bonds. The van der Waals surface area contributed by atoms with Crippen LogP contribution in [0.3, 0.4) is 0 Å². The monoisotopic (exact) mass is 248 g/mol. The van der Waals surface area contributed by atoms with Gasteiger partial charge in [-0.15, -0.1) is 0 Å². The molecule has 0 fully saturated rings. The van der Waals surface area contributed by atoms with Crippen LogP contribution in [0.25, 0.3) is 0 Å². The third kappa shape index (κ3) is 3.09. The van der Waals surface area contributed by atoms with E-state index in [-0.39, 0.29) is 5.41 Å². The van der Waals surface area contributed by atoms with E-state index >= 15 is 0 Å². The summed E-state index contributed by atoms with van der Waals surface area (Å²) in [6.07, 6.45) is 7.38. The number of hydrogen-bond acceptors (Lipinski definition) is 2. The molecule has 1 aromatic rings. The molecule has 1 rings (SSSR count). The van der Waals surface area contributed by atoms with Gasteiger partial charge in [0.25, 0.3) is 0 Å². The molecule has 102 valence electrons. The number of aromatic nitrogens is 2. The SMILES string of the molecule is CC[C@H](C)C(C)c1cnc(C(C)(CC)CC)cn1. The van der Waals surface area contributed by atoms with Crippen LogP contribution in [-0.4, -0.2) is 9.97 Å². The van der Waals surface area contributed by atoms with Gasteiger partial charge in [-0.3, -0.25) is 9.97 Å². The molecule has 2 heteroatoms. The van der Waals surface area contributed by atoms with E-state index in [0.717, 1.165) is 24.2 Å². The first-order valence-electron chi connectivity index (χ1n) is 7.30. The van der Waals surface area contributed by atoms with Gasteiger partial charge < -0.3 is 0 Å². The Hall–Kier alpha value is -0.920. The molecule has 0 N–H and O–H groups in total. The van der Waals surface area contributed by atoms with E-state index in [2.05, 4.69) is 51.5 Å². The standard InChI is InChI=1S/C16H28N2/c1-7-12(4)13(5)14-10-18-15(11-17-14)16(6,8-2)9-3/h10-13H,7-9H2,1-6H3/t12-,13?/m0/s1. The van der Waals surface area contributed by atoms with Crippen molar-refractivity contribution in [3.63, 3.8) is 0 Å². The summed E-state index contributed by atoms with van der Waals surface area (Å²) in [7, 11) is 0. The van der Waals surface area contributed by atoms with Crippen LogP contribution in [-0.2, 0) is 5.41 Å². The molecule has 1 unspecified atom stereocenters. The molecule has 18 heavy (non-hydrogen) atoms. The first-order valence-corrected chi connectivity index (χ1v) is 7.30. The molecule has 1 heterocycles. The zero-order valence-corrected chi connectivity index (χ0v) is 12.8. The highest BCUT2D eigenvalue weighted by Gasteiger charge is 2.24. The van der Waals surface area contributed by atoms with Gasteiger partial charge in [-0.1, -0.05) is 48.0 Å². The first kappa shape index (κ1) is 15.1. The van der Waals surface area contributed by atoms with E-state index in [1.807, 2.05) is 12.4 Å². The second kappa shape index (κ2) is 6.31. The molecule has 2 atom stereocenters. The van der Waals surface area contributed by atoms with Crippen molar-refractivity contribution in [1.29, 1.82) is 0 Å². The van der Waals surface area contributed by atoms with Crippen molar-refractivity contribution in [1.82, 2.24) is 9.97 Å². The fourth-order valence-corrected chi connectivity index (χ4v) is 2.14. The Balaban J connectivity index is 2.92. The molecule has 0 spiro atoms. The maximum atomic E-state index is 4.67. The molecule has 0 aliphatic heterocycles. The number of hydrogen-bond donors (Lipinski definition) is 0. The highest BCUT2D eigenvalue weighted by atomic mass is 14.8. The second-order valence-corrected chi connectivity index (χ2v) is 5.77. The molecule has 0 aliphatic rings. The maximum Gasteiger partial charge on any atom is 0.0645 e. The average molecular weight is 248 g/mol. The molecule has 0 aromatic carbocycles. The van der Waals surface area contributed by atoms with Crippen molar-refractivity contribution in [3.05, 3.63) is 23.8 Å². The van der Waals surface area contributed by atoms with E-state index in [1.165, 1.54) is 6.42 Å². The summed E-state index contributed by atoms with van der Waals surface area (Å²) in [4.78, 5) is 9.31. The summed E-state index contributed by atoms with van der Waals surface area (Å²) in [5, 5.41) is 0. The van der Waals surface area contributed by atoms with Crippen molar-refractivity contribution in [2.24, 2.45) is 5.92 Å². The normalized spacial score (nSPS) is 15.4. The highest BCUT2D eigenvalue weighted by molar-refractivity contribution is 5.15. The second-order valence-electron chi connectivity index (χ2n) is 5.77. The van der Waals surface area contributed by atoms with E-state index in [4.69, 9.17) is 0 Å². The van der Waals surface area contributed by atoms with Gasteiger partial charge >= 0.3 is 0 Å². The van der Waals surface area contributed by atoms with Crippen LogP contribution in [0.4, 0.5) is 0 Å². The lowest BCUT2D eigenvalue weighted by molar-refractivity contribution is 0.420. The Labute approximate surface area is 112 Å². The number of rotatable bonds is 6. The van der Waals surface area contributed by atoms with E-state index in [0.29, 0.717) is 11.8 Å². The quantitative estimate of drug-likeness (QED) is 0.729. The van der Waals surface area contributed by atoms with Crippen molar-refractivity contribution in [2.45, 2.75) is 72.1 Å². The van der Waals surface area contributed by atoms with Gasteiger partial charge in [0.15, 0.2) is 0 Å². The molecule has 0 radical (unpaired) electrons. The van der Waals surface area contributed by atoms with Crippen LogP contribution in [0, 0.1) is 5.92 Å². The molecule has 0 aliphatic carbocycles. The fourth-order valence-electron chi connectivity index (χ4n) is 2.14. The summed E-state index contributed by atoms with van der Waals surface area (Å²) in [5.41, 5.74) is 2.43. The van der Waals surface area contributed by atoms with Gasteiger partial charge in [0, 0.05) is 23.7 Å². The Morgan fingerprint density at radius 1 is 1.06 bits per heavy atom. The summed E-state index contributed by atoms with van der Waals surface area (Å²) >= 11 is 0. The van der Waals surface area contributed by atoms with Crippen LogP contribution in [0.15, 0.2) is 12.4 Å². The van der Waals surface area contributed by atoms with E-state index in [9.17, 15) is 0 Å². The Kier molecular flexibility index (Phi) is 5.30. The highest BCUT2D eigenvalue weighted by Crippen LogP contribution is 2.30. The lowest BCUT2D eigenvalue weighted by Crippen LogP contribution is -2.22. The van der Waals surface area contributed by atoms with Gasteiger partial charge in [0.2, 0.25) is 0 Å². The minimum atomic E-state index is 0.172. The topological polar surface area (TPSA) is 25.8 Å².